The summed E-state index contributed by atoms with van der Waals surface area (Å²) in [6.07, 6.45) is 3.50. The van der Waals surface area contributed by atoms with Gasteiger partial charge in [0.2, 0.25) is 0 Å². The summed E-state index contributed by atoms with van der Waals surface area (Å²) in [5, 5.41) is 3.91. The second-order valence-electron chi connectivity index (χ2n) is 7.13. The van der Waals surface area contributed by atoms with Crippen molar-refractivity contribution in [3.63, 3.8) is 0 Å². The van der Waals surface area contributed by atoms with E-state index in [9.17, 15) is 9.59 Å². The van der Waals surface area contributed by atoms with Gasteiger partial charge in [-0.15, -0.1) is 0 Å². The fraction of sp³-hybridized carbons (Fsp3) is 0.500. The Morgan fingerprint density at radius 3 is 2.85 bits per heavy atom. The minimum absolute atomic E-state index is 0.0839. The summed E-state index contributed by atoms with van der Waals surface area (Å²) < 4.78 is 7.33. The Bertz CT molecular complexity index is 838. The van der Waals surface area contributed by atoms with Gasteiger partial charge < -0.3 is 19.5 Å². The lowest BCUT2D eigenvalue weighted by atomic mass is 10.0. The molecule has 1 N–H and O–H groups in total. The fourth-order valence-corrected chi connectivity index (χ4v) is 3.81. The Morgan fingerprint density at radius 1 is 1.27 bits per heavy atom. The lowest BCUT2D eigenvalue weighted by Gasteiger charge is -2.28. The third-order valence-corrected chi connectivity index (χ3v) is 5.28. The van der Waals surface area contributed by atoms with Crippen LogP contribution in [0.3, 0.4) is 0 Å². The van der Waals surface area contributed by atoms with Gasteiger partial charge in [0.25, 0.3) is 0 Å². The third-order valence-electron chi connectivity index (χ3n) is 5.28. The van der Waals surface area contributed by atoms with Gasteiger partial charge in [-0.05, 0) is 31.7 Å². The summed E-state index contributed by atoms with van der Waals surface area (Å²) in [6.45, 7) is 4.33. The van der Waals surface area contributed by atoms with Crippen LogP contribution in [0.4, 0.5) is 4.79 Å². The third kappa shape index (κ3) is 3.28. The minimum atomic E-state index is -0.403. The number of hydrogen-bond acceptors (Lipinski definition) is 3. The number of fused-ring (bicyclic) bond motifs is 3. The topological polar surface area (TPSA) is 63.6 Å². The zero-order valence-electron chi connectivity index (χ0n) is 15.2. The van der Waals surface area contributed by atoms with Crippen molar-refractivity contribution in [2.45, 2.75) is 39.3 Å². The molecule has 0 bridgehead atoms. The number of urea groups is 1. The molecule has 138 valence electrons. The summed E-state index contributed by atoms with van der Waals surface area (Å²) in [7, 11) is 0. The maximum absolute atomic E-state index is 12.4. The van der Waals surface area contributed by atoms with Gasteiger partial charge in [-0.25, -0.2) is 4.79 Å². The molecule has 0 spiro atoms. The number of carbonyl (C=O) groups is 2. The fourth-order valence-electron chi connectivity index (χ4n) is 3.81. The van der Waals surface area contributed by atoms with Crippen LogP contribution < -0.4 is 5.32 Å². The van der Waals surface area contributed by atoms with E-state index < -0.39 is 5.97 Å². The van der Waals surface area contributed by atoms with E-state index in [1.54, 1.807) is 11.8 Å². The Morgan fingerprint density at radius 2 is 2.08 bits per heavy atom. The maximum Gasteiger partial charge on any atom is 0.325 e. The Hall–Kier alpha value is -2.50. The summed E-state index contributed by atoms with van der Waals surface area (Å²) in [5.74, 6) is 0.403. The number of benzene rings is 1. The standard InChI is InChI=1S/C20H25N3O3/c1-2-26-19(24)11-21-20(25)22-10-9-18-16(13-22)15-5-3-4-6-17(15)23(18)12-14-7-8-14/h3-6,14H,2,7-13H2,1H3,(H,21,25). The van der Waals surface area contributed by atoms with Crippen molar-refractivity contribution in [3.05, 3.63) is 35.5 Å². The van der Waals surface area contributed by atoms with Crippen LogP contribution in [0.1, 0.15) is 31.0 Å². The van der Waals surface area contributed by atoms with Crippen molar-refractivity contribution in [2.75, 3.05) is 19.7 Å². The number of carbonyl (C=O) groups excluding carboxylic acids is 2. The van der Waals surface area contributed by atoms with Crippen molar-refractivity contribution in [3.8, 4) is 0 Å². The molecular weight excluding hydrogens is 330 g/mol. The number of hydrogen-bond donors (Lipinski definition) is 1. The predicted octanol–water partition coefficient (Wildman–Crippen LogP) is 2.68. The summed E-state index contributed by atoms with van der Waals surface area (Å²) in [6, 6.07) is 8.27. The first kappa shape index (κ1) is 16.9. The summed E-state index contributed by atoms with van der Waals surface area (Å²) in [5.41, 5.74) is 3.89. The molecule has 1 saturated carbocycles. The number of ether oxygens (including phenoxy) is 1. The molecular formula is C20H25N3O3. The molecule has 0 radical (unpaired) electrons. The predicted molar refractivity (Wildman–Crippen MR) is 98.8 cm³/mol. The molecule has 2 amide bonds. The highest BCUT2D eigenvalue weighted by molar-refractivity contribution is 5.87. The molecule has 1 aliphatic heterocycles. The van der Waals surface area contributed by atoms with E-state index >= 15 is 0 Å². The first-order valence-electron chi connectivity index (χ1n) is 9.44. The van der Waals surface area contributed by atoms with E-state index in [1.165, 1.54) is 35.0 Å². The largest absolute Gasteiger partial charge is 0.465 e. The van der Waals surface area contributed by atoms with Gasteiger partial charge >= 0.3 is 12.0 Å². The van der Waals surface area contributed by atoms with Crippen molar-refractivity contribution < 1.29 is 14.3 Å². The lowest BCUT2D eigenvalue weighted by Crippen LogP contribution is -2.44. The number of esters is 1. The Balaban J connectivity index is 1.53. The average Bonchev–Trinajstić information content (AvgIpc) is 3.43. The SMILES string of the molecule is CCOC(=O)CNC(=O)N1CCc2c(c3ccccc3n2CC2CC2)C1. The van der Waals surface area contributed by atoms with Gasteiger partial charge in [-0.3, -0.25) is 4.79 Å². The minimum Gasteiger partial charge on any atom is -0.465 e. The highest BCUT2D eigenvalue weighted by Gasteiger charge is 2.29. The first-order valence-corrected chi connectivity index (χ1v) is 9.44. The molecule has 1 fully saturated rings. The first-order chi connectivity index (χ1) is 12.7. The van der Waals surface area contributed by atoms with E-state index in [1.807, 2.05) is 0 Å². The normalized spacial score (nSPS) is 16.4. The molecule has 2 aliphatic rings. The highest BCUT2D eigenvalue weighted by Crippen LogP contribution is 2.36. The van der Waals surface area contributed by atoms with Crippen molar-refractivity contribution >= 4 is 22.9 Å². The molecule has 26 heavy (non-hydrogen) atoms. The molecule has 2 heterocycles. The van der Waals surface area contributed by atoms with Gasteiger partial charge in [-0.2, -0.15) is 0 Å². The van der Waals surface area contributed by atoms with Gasteiger partial charge in [0, 0.05) is 48.2 Å². The number of para-hydroxylation sites is 1. The number of amides is 2. The highest BCUT2D eigenvalue weighted by atomic mass is 16.5. The molecule has 1 aromatic carbocycles. The molecule has 1 aromatic heterocycles. The zero-order chi connectivity index (χ0) is 18.1. The molecule has 4 rings (SSSR count). The molecule has 6 nitrogen and oxygen atoms in total. The van der Waals surface area contributed by atoms with Crippen molar-refractivity contribution in [1.29, 1.82) is 0 Å². The van der Waals surface area contributed by atoms with Crippen LogP contribution >= 0.6 is 0 Å². The average molecular weight is 355 g/mol. The Labute approximate surface area is 153 Å². The molecule has 0 unspecified atom stereocenters. The van der Waals surface area contributed by atoms with Gasteiger partial charge in [0.1, 0.15) is 6.54 Å². The van der Waals surface area contributed by atoms with Crippen LogP contribution in [0.15, 0.2) is 24.3 Å². The van der Waals surface area contributed by atoms with Crippen LogP contribution in [0, 0.1) is 5.92 Å². The van der Waals surface area contributed by atoms with Crippen molar-refractivity contribution in [1.82, 2.24) is 14.8 Å². The van der Waals surface area contributed by atoms with E-state index in [4.69, 9.17) is 4.74 Å². The number of nitrogens with one attached hydrogen (secondary N) is 1. The van der Waals surface area contributed by atoms with Crippen LogP contribution in [-0.2, 0) is 29.0 Å². The second-order valence-corrected chi connectivity index (χ2v) is 7.13. The Kier molecular flexibility index (Phi) is 4.57. The molecule has 0 atom stereocenters. The van der Waals surface area contributed by atoms with Gasteiger partial charge in [0.05, 0.1) is 6.61 Å². The lowest BCUT2D eigenvalue weighted by molar-refractivity contribution is -0.141. The maximum atomic E-state index is 12.4. The summed E-state index contributed by atoms with van der Waals surface area (Å²) >= 11 is 0. The smallest absolute Gasteiger partial charge is 0.325 e. The number of rotatable bonds is 5. The number of aromatic nitrogens is 1. The second kappa shape index (κ2) is 7.02. The number of nitrogens with zero attached hydrogens (tertiary/aromatic N) is 2. The molecule has 2 aromatic rings. The van der Waals surface area contributed by atoms with Crippen LogP contribution in [-0.4, -0.2) is 41.2 Å². The summed E-state index contributed by atoms with van der Waals surface area (Å²) in [4.78, 5) is 25.7. The van der Waals surface area contributed by atoms with E-state index in [0.29, 0.717) is 19.7 Å². The molecule has 0 saturated heterocycles. The monoisotopic (exact) mass is 355 g/mol. The molecule has 6 heteroatoms. The van der Waals surface area contributed by atoms with E-state index in [2.05, 4.69) is 34.1 Å². The van der Waals surface area contributed by atoms with E-state index in [0.717, 1.165) is 18.9 Å². The van der Waals surface area contributed by atoms with Crippen molar-refractivity contribution in [2.24, 2.45) is 5.92 Å². The van der Waals surface area contributed by atoms with Crippen LogP contribution in [0.5, 0.6) is 0 Å². The van der Waals surface area contributed by atoms with Crippen LogP contribution in [0.2, 0.25) is 0 Å². The van der Waals surface area contributed by atoms with E-state index in [-0.39, 0.29) is 12.6 Å². The van der Waals surface area contributed by atoms with Gasteiger partial charge in [-0.1, -0.05) is 18.2 Å². The molecule has 1 aliphatic carbocycles. The van der Waals surface area contributed by atoms with Gasteiger partial charge in [0.15, 0.2) is 0 Å². The zero-order valence-corrected chi connectivity index (χ0v) is 15.2. The van der Waals surface area contributed by atoms with Crippen LogP contribution in [0.25, 0.3) is 10.9 Å². The quantitative estimate of drug-likeness (QED) is 0.839.